The molecular formula is C29H28N4O5. The van der Waals surface area contributed by atoms with E-state index in [4.69, 9.17) is 18.9 Å². The topological polar surface area (TPSA) is 104 Å². The van der Waals surface area contributed by atoms with Gasteiger partial charge in [-0.3, -0.25) is 4.79 Å². The zero-order valence-electron chi connectivity index (χ0n) is 21.5. The molecule has 0 saturated carbocycles. The first kappa shape index (κ1) is 26.0. The molecule has 0 amide bonds. The highest BCUT2D eigenvalue weighted by molar-refractivity contribution is 6.10. The summed E-state index contributed by atoms with van der Waals surface area (Å²) in [5, 5.41) is 6.46. The van der Waals surface area contributed by atoms with E-state index >= 15 is 0 Å². The number of ketones is 1. The molecule has 0 saturated heterocycles. The predicted molar refractivity (Wildman–Crippen MR) is 147 cm³/mol. The Kier molecular flexibility index (Phi) is 8.40. The van der Waals surface area contributed by atoms with Crippen molar-refractivity contribution < 1.29 is 23.7 Å². The summed E-state index contributed by atoms with van der Waals surface area (Å²) in [4.78, 5) is 22.0. The molecule has 0 aliphatic rings. The summed E-state index contributed by atoms with van der Waals surface area (Å²) in [6, 6.07) is 18.0. The van der Waals surface area contributed by atoms with Gasteiger partial charge in [-0.2, -0.15) is 0 Å². The minimum absolute atomic E-state index is 0.211. The molecule has 2 heterocycles. The number of rotatable bonds is 11. The van der Waals surface area contributed by atoms with Gasteiger partial charge < -0.3 is 29.6 Å². The average Bonchev–Trinajstić information content (AvgIpc) is 2.96. The molecule has 0 unspecified atom stereocenters. The Bertz CT molecular complexity index is 1410. The van der Waals surface area contributed by atoms with Crippen molar-refractivity contribution >= 4 is 34.9 Å². The third kappa shape index (κ3) is 6.01. The van der Waals surface area contributed by atoms with Crippen molar-refractivity contribution in [3.8, 4) is 23.0 Å². The van der Waals surface area contributed by atoms with Gasteiger partial charge in [-0.1, -0.05) is 0 Å². The molecule has 0 spiro atoms. The molecule has 0 bridgehead atoms. The molecule has 0 radical (unpaired) electrons. The van der Waals surface area contributed by atoms with Crippen LogP contribution in [0.5, 0.6) is 23.0 Å². The molecule has 2 aromatic carbocycles. The lowest BCUT2D eigenvalue weighted by molar-refractivity contribution is 0.104. The Morgan fingerprint density at radius 3 is 2.00 bits per heavy atom. The Labute approximate surface area is 221 Å². The lowest BCUT2D eigenvalue weighted by atomic mass is 10.1. The smallest absolute Gasteiger partial charge is 0.203 e. The fourth-order valence-corrected chi connectivity index (χ4v) is 3.72. The van der Waals surface area contributed by atoms with Gasteiger partial charge in [0.15, 0.2) is 17.3 Å². The number of anilines is 4. The number of benzene rings is 2. The zero-order valence-corrected chi connectivity index (χ0v) is 21.5. The number of hydrogen-bond acceptors (Lipinski definition) is 9. The maximum atomic E-state index is 13.2. The van der Waals surface area contributed by atoms with E-state index in [0.29, 0.717) is 45.7 Å². The first-order valence-electron chi connectivity index (χ1n) is 11.7. The molecule has 0 aliphatic carbocycles. The summed E-state index contributed by atoms with van der Waals surface area (Å²) >= 11 is 0. The van der Waals surface area contributed by atoms with Crippen LogP contribution in [0.15, 0.2) is 79.1 Å². The minimum Gasteiger partial charge on any atom is -0.497 e. The second kappa shape index (κ2) is 12.3. The van der Waals surface area contributed by atoms with Crippen molar-refractivity contribution in [2.45, 2.75) is 0 Å². The van der Waals surface area contributed by atoms with Crippen LogP contribution in [0.1, 0.15) is 15.9 Å². The standard InChI is InChI=1S/C29H28N4O5/c1-35-22-12-10-20(11-13-22)32-29-23(8-6-16-31-29)24(34)14-9-19-7-5-15-30-28(19)33-21-17-25(36-2)27(38-4)26(18-21)37-3/h5-18H,1-4H3,(H,30,33)(H,31,32)/b14-9+. The van der Waals surface area contributed by atoms with Crippen LogP contribution in [0.4, 0.5) is 23.0 Å². The summed E-state index contributed by atoms with van der Waals surface area (Å²) in [7, 11) is 6.26. The molecule has 194 valence electrons. The summed E-state index contributed by atoms with van der Waals surface area (Å²) < 4.78 is 21.5. The van der Waals surface area contributed by atoms with Gasteiger partial charge in [0, 0.05) is 41.5 Å². The fourth-order valence-electron chi connectivity index (χ4n) is 3.72. The second-order valence-corrected chi connectivity index (χ2v) is 7.93. The number of carbonyl (C=O) groups excluding carboxylic acids is 1. The van der Waals surface area contributed by atoms with Crippen molar-refractivity contribution in [2.24, 2.45) is 0 Å². The minimum atomic E-state index is -0.211. The van der Waals surface area contributed by atoms with Crippen LogP contribution >= 0.6 is 0 Å². The SMILES string of the molecule is COc1ccc(Nc2ncccc2C(=O)/C=C/c2cccnc2Nc2cc(OC)c(OC)c(OC)c2)cc1. The molecule has 2 aromatic heterocycles. The number of nitrogens with zero attached hydrogens (tertiary/aromatic N) is 2. The first-order valence-corrected chi connectivity index (χ1v) is 11.7. The third-order valence-electron chi connectivity index (χ3n) is 5.61. The van der Waals surface area contributed by atoms with Gasteiger partial charge in [-0.25, -0.2) is 9.97 Å². The maximum Gasteiger partial charge on any atom is 0.203 e. The van der Waals surface area contributed by atoms with Gasteiger partial charge in [0.05, 0.1) is 34.0 Å². The number of allylic oxidation sites excluding steroid dienone is 1. The van der Waals surface area contributed by atoms with Crippen molar-refractivity contribution in [3.63, 3.8) is 0 Å². The number of hydrogen-bond donors (Lipinski definition) is 2. The maximum absolute atomic E-state index is 13.2. The molecule has 4 rings (SSSR count). The Morgan fingerprint density at radius 2 is 1.37 bits per heavy atom. The molecule has 0 fully saturated rings. The van der Waals surface area contributed by atoms with Crippen molar-refractivity contribution in [3.05, 3.63) is 90.3 Å². The molecule has 2 N–H and O–H groups in total. The van der Waals surface area contributed by atoms with Crippen molar-refractivity contribution in [1.29, 1.82) is 0 Å². The van der Waals surface area contributed by atoms with Gasteiger partial charge >= 0.3 is 0 Å². The van der Waals surface area contributed by atoms with Crippen LogP contribution in [0.2, 0.25) is 0 Å². The summed E-state index contributed by atoms with van der Waals surface area (Å²) in [6.07, 6.45) is 6.50. The van der Waals surface area contributed by atoms with E-state index < -0.39 is 0 Å². The first-order chi connectivity index (χ1) is 18.6. The van der Waals surface area contributed by atoms with Crippen molar-refractivity contribution in [1.82, 2.24) is 9.97 Å². The average molecular weight is 513 g/mol. The van der Waals surface area contributed by atoms with Crippen LogP contribution in [0.25, 0.3) is 6.08 Å². The van der Waals surface area contributed by atoms with Gasteiger partial charge in [-0.05, 0) is 60.7 Å². The lowest BCUT2D eigenvalue weighted by Crippen LogP contribution is -2.03. The van der Waals surface area contributed by atoms with E-state index in [-0.39, 0.29) is 5.78 Å². The summed E-state index contributed by atoms with van der Waals surface area (Å²) in [5.74, 6) is 3.03. The van der Waals surface area contributed by atoms with Crippen molar-refractivity contribution in [2.75, 3.05) is 39.1 Å². The Hall–Kier alpha value is -5.05. The second-order valence-electron chi connectivity index (χ2n) is 7.93. The largest absolute Gasteiger partial charge is 0.497 e. The molecule has 9 nitrogen and oxygen atoms in total. The predicted octanol–water partition coefficient (Wildman–Crippen LogP) is 5.89. The van der Waals surface area contributed by atoms with Gasteiger partial charge in [-0.15, -0.1) is 0 Å². The molecular weight excluding hydrogens is 484 g/mol. The highest BCUT2D eigenvalue weighted by Crippen LogP contribution is 2.40. The van der Waals surface area contributed by atoms with Gasteiger partial charge in [0.2, 0.25) is 5.75 Å². The number of ether oxygens (including phenoxy) is 4. The number of carbonyl (C=O) groups is 1. The molecule has 0 atom stereocenters. The number of nitrogens with one attached hydrogen (secondary N) is 2. The molecule has 9 heteroatoms. The zero-order chi connectivity index (χ0) is 26.9. The molecule has 4 aromatic rings. The van der Waals surface area contributed by atoms with Gasteiger partial charge in [0.25, 0.3) is 0 Å². The number of pyridine rings is 2. The van der Waals surface area contributed by atoms with E-state index in [1.165, 1.54) is 6.08 Å². The van der Waals surface area contributed by atoms with Gasteiger partial charge in [0.1, 0.15) is 17.4 Å². The van der Waals surface area contributed by atoms with Crippen LogP contribution in [0.3, 0.4) is 0 Å². The van der Waals surface area contributed by atoms with Crippen LogP contribution in [0, 0.1) is 0 Å². The monoisotopic (exact) mass is 512 g/mol. The van der Waals surface area contributed by atoms with Crippen LogP contribution in [-0.2, 0) is 0 Å². The lowest BCUT2D eigenvalue weighted by Gasteiger charge is -2.15. The Balaban J connectivity index is 1.56. The normalized spacial score (nSPS) is 10.6. The Morgan fingerprint density at radius 1 is 0.737 bits per heavy atom. The number of aromatic nitrogens is 2. The highest BCUT2D eigenvalue weighted by Gasteiger charge is 2.15. The quantitative estimate of drug-likeness (QED) is 0.188. The van der Waals surface area contributed by atoms with Crippen LogP contribution < -0.4 is 29.6 Å². The van der Waals surface area contributed by atoms with E-state index in [9.17, 15) is 4.79 Å². The highest BCUT2D eigenvalue weighted by atomic mass is 16.5. The van der Waals surface area contributed by atoms with E-state index in [1.54, 1.807) is 77.2 Å². The van der Waals surface area contributed by atoms with E-state index in [1.807, 2.05) is 30.3 Å². The van der Waals surface area contributed by atoms with Crippen LogP contribution in [-0.4, -0.2) is 44.2 Å². The summed E-state index contributed by atoms with van der Waals surface area (Å²) in [6.45, 7) is 0. The third-order valence-corrected chi connectivity index (χ3v) is 5.61. The van der Waals surface area contributed by atoms with E-state index in [0.717, 1.165) is 11.4 Å². The molecule has 0 aliphatic heterocycles. The van der Waals surface area contributed by atoms with E-state index in [2.05, 4.69) is 20.6 Å². The molecule has 38 heavy (non-hydrogen) atoms. The number of methoxy groups -OCH3 is 4. The summed E-state index contributed by atoms with van der Waals surface area (Å²) in [5.41, 5.74) is 2.61. The fraction of sp³-hybridized carbons (Fsp3) is 0.138.